The van der Waals surface area contributed by atoms with E-state index in [2.05, 4.69) is 31.8 Å². The van der Waals surface area contributed by atoms with Crippen LogP contribution in [0.1, 0.15) is 5.56 Å². The average Bonchev–Trinajstić information content (AvgIpc) is 2.80. The number of hydrogen-bond acceptors (Lipinski definition) is 7. The minimum absolute atomic E-state index is 0.183. The first-order valence-electron chi connectivity index (χ1n) is 10.7. The highest BCUT2D eigenvalue weighted by atomic mass is 16.5. The first kappa shape index (κ1) is 24.3. The van der Waals surface area contributed by atoms with E-state index in [1.165, 1.54) is 6.08 Å². The Morgan fingerprint density at radius 2 is 1.85 bits per heavy atom. The van der Waals surface area contributed by atoms with Gasteiger partial charge in [0.05, 0.1) is 0 Å². The van der Waals surface area contributed by atoms with Gasteiger partial charge in [0.15, 0.2) is 0 Å². The average molecular weight is 457 g/mol. The van der Waals surface area contributed by atoms with Crippen molar-refractivity contribution in [2.24, 2.45) is 0 Å². The predicted molar refractivity (Wildman–Crippen MR) is 137 cm³/mol. The zero-order valence-electron chi connectivity index (χ0n) is 19.5. The van der Waals surface area contributed by atoms with Crippen LogP contribution in [0.2, 0.25) is 0 Å². The number of carbonyl (C=O) groups excluding carboxylic acids is 1. The lowest BCUT2D eigenvalue weighted by Crippen LogP contribution is -2.13. The van der Waals surface area contributed by atoms with E-state index < -0.39 is 0 Å². The second kappa shape index (κ2) is 12.0. The van der Waals surface area contributed by atoms with Crippen molar-refractivity contribution in [3.8, 4) is 18.1 Å². The Labute approximate surface area is 200 Å². The number of benzene rings is 2. The second-order valence-corrected chi connectivity index (χ2v) is 7.73. The van der Waals surface area contributed by atoms with Crippen molar-refractivity contribution in [2.75, 3.05) is 43.2 Å². The quantitative estimate of drug-likeness (QED) is 0.309. The number of anilines is 5. The van der Waals surface area contributed by atoms with E-state index in [1.54, 1.807) is 6.20 Å². The highest BCUT2D eigenvalue weighted by Gasteiger charge is 2.07. The van der Waals surface area contributed by atoms with Crippen LogP contribution in [0.3, 0.4) is 0 Å². The van der Waals surface area contributed by atoms with Crippen molar-refractivity contribution in [3.63, 3.8) is 0 Å². The lowest BCUT2D eigenvalue weighted by atomic mass is 10.2. The number of aryl methyl sites for hydroxylation is 1. The van der Waals surface area contributed by atoms with Gasteiger partial charge in [-0.3, -0.25) is 4.79 Å². The zero-order valence-corrected chi connectivity index (χ0v) is 19.5. The third-order valence-corrected chi connectivity index (χ3v) is 4.52. The SMILES string of the molecule is C#CCOc1cccc(Nc2ncc(C)c(Nc3cccc(NC(=O)/C=C/CN(C)C)c3)n2)c1. The van der Waals surface area contributed by atoms with E-state index in [9.17, 15) is 4.79 Å². The lowest BCUT2D eigenvalue weighted by molar-refractivity contribution is -0.111. The Kier molecular flexibility index (Phi) is 8.60. The molecule has 1 amide bonds. The Balaban J connectivity index is 1.69. The Morgan fingerprint density at radius 1 is 1.12 bits per heavy atom. The molecule has 8 heteroatoms. The van der Waals surface area contributed by atoms with Gasteiger partial charge in [0.1, 0.15) is 18.2 Å². The van der Waals surface area contributed by atoms with Crippen molar-refractivity contribution < 1.29 is 9.53 Å². The fourth-order valence-corrected chi connectivity index (χ4v) is 2.91. The Hall–Kier alpha value is -4.35. The van der Waals surface area contributed by atoms with Crippen molar-refractivity contribution in [1.29, 1.82) is 0 Å². The topological polar surface area (TPSA) is 91.4 Å². The Morgan fingerprint density at radius 3 is 2.62 bits per heavy atom. The summed E-state index contributed by atoms with van der Waals surface area (Å²) in [5, 5.41) is 9.34. The van der Waals surface area contributed by atoms with E-state index in [0.717, 1.165) is 16.9 Å². The molecule has 8 nitrogen and oxygen atoms in total. The number of aromatic nitrogens is 2. The standard InChI is InChI=1S/C26H28N6O2/c1-5-15-34-23-12-7-11-22(17-23)30-26-27-18-19(2)25(31-26)29-21-10-6-9-20(16-21)28-24(33)13-8-14-32(3)4/h1,6-13,16-18H,14-15H2,2-4H3,(H,28,33)(H2,27,29,30,31)/b13-8+. The van der Waals surface area contributed by atoms with Crippen LogP contribution in [0.15, 0.2) is 66.9 Å². The molecule has 3 rings (SSSR count). The molecule has 0 aliphatic carbocycles. The van der Waals surface area contributed by atoms with Crippen molar-refractivity contribution >= 4 is 34.7 Å². The van der Waals surface area contributed by atoms with Crippen LogP contribution in [-0.2, 0) is 4.79 Å². The molecule has 1 heterocycles. The molecule has 0 saturated heterocycles. The molecule has 2 aromatic carbocycles. The van der Waals surface area contributed by atoms with Crippen molar-refractivity contribution in [1.82, 2.24) is 14.9 Å². The van der Waals surface area contributed by atoms with Crippen LogP contribution in [-0.4, -0.2) is 48.0 Å². The maximum Gasteiger partial charge on any atom is 0.248 e. The predicted octanol–water partition coefficient (Wildman–Crippen LogP) is 4.34. The lowest BCUT2D eigenvalue weighted by Gasteiger charge is -2.12. The molecule has 0 saturated carbocycles. The van der Waals surface area contributed by atoms with E-state index in [1.807, 2.05) is 80.5 Å². The van der Waals surface area contributed by atoms with Crippen LogP contribution >= 0.6 is 0 Å². The molecule has 0 aliphatic rings. The van der Waals surface area contributed by atoms with Gasteiger partial charge < -0.3 is 25.6 Å². The molecule has 3 N–H and O–H groups in total. The number of likely N-dealkylation sites (N-methyl/N-ethyl adjacent to an activating group) is 1. The molecule has 174 valence electrons. The van der Waals surface area contributed by atoms with Gasteiger partial charge in [-0.25, -0.2) is 4.98 Å². The van der Waals surface area contributed by atoms with Crippen LogP contribution in [0.25, 0.3) is 0 Å². The molecule has 0 spiro atoms. The molecule has 1 aromatic heterocycles. The van der Waals surface area contributed by atoms with Crippen LogP contribution in [0.4, 0.5) is 28.8 Å². The number of hydrogen-bond donors (Lipinski definition) is 3. The van der Waals surface area contributed by atoms with Crippen molar-refractivity contribution in [3.05, 3.63) is 72.4 Å². The summed E-state index contributed by atoms with van der Waals surface area (Å²) in [7, 11) is 3.89. The molecule has 0 atom stereocenters. The smallest absolute Gasteiger partial charge is 0.248 e. The number of nitrogens with zero attached hydrogens (tertiary/aromatic N) is 3. The molecule has 0 fully saturated rings. The van der Waals surface area contributed by atoms with Crippen molar-refractivity contribution in [2.45, 2.75) is 6.92 Å². The highest BCUT2D eigenvalue weighted by Crippen LogP contribution is 2.24. The van der Waals surface area contributed by atoms with Gasteiger partial charge in [-0.05, 0) is 51.4 Å². The first-order chi connectivity index (χ1) is 16.4. The molecular formula is C26H28N6O2. The fourth-order valence-electron chi connectivity index (χ4n) is 2.91. The van der Waals surface area contributed by atoms with Gasteiger partial charge >= 0.3 is 0 Å². The van der Waals surface area contributed by atoms with Gasteiger partial charge in [-0.15, -0.1) is 6.42 Å². The minimum Gasteiger partial charge on any atom is -0.481 e. The molecule has 3 aromatic rings. The third-order valence-electron chi connectivity index (χ3n) is 4.52. The van der Waals surface area contributed by atoms with Gasteiger partial charge in [0.2, 0.25) is 11.9 Å². The van der Waals surface area contributed by atoms with E-state index >= 15 is 0 Å². The summed E-state index contributed by atoms with van der Waals surface area (Å²) in [5.41, 5.74) is 3.11. The zero-order chi connectivity index (χ0) is 24.3. The summed E-state index contributed by atoms with van der Waals surface area (Å²) >= 11 is 0. The fraction of sp³-hybridized carbons (Fsp3) is 0.192. The number of carbonyl (C=O) groups is 1. The van der Waals surface area contributed by atoms with E-state index in [-0.39, 0.29) is 12.5 Å². The van der Waals surface area contributed by atoms with Crippen LogP contribution in [0.5, 0.6) is 5.75 Å². The largest absolute Gasteiger partial charge is 0.481 e. The number of terminal acetylenes is 1. The summed E-state index contributed by atoms with van der Waals surface area (Å²) in [6, 6.07) is 14.8. The monoisotopic (exact) mass is 456 g/mol. The molecule has 0 bridgehead atoms. The molecule has 0 aliphatic heterocycles. The molecule has 34 heavy (non-hydrogen) atoms. The maximum atomic E-state index is 12.1. The summed E-state index contributed by atoms with van der Waals surface area (Å²) in [4.78, 5) is 23.1. The Bertz CT molecular complexity index is 1200. The van der Waals surface area contributed by atoms with E-state index in [0.29, 0.717) is 29.7 Å². The first-order valence-corrected chi connectivity index (χ1v) is 10.7. The molecule has 0 radical (unpaired) electrons. The summed E-state index contributed by atoms with van der Waals surface area (Å²) in [6.45, 7) is 2.81. The number of ether oxygens (including phenoxy) is 1. The van der Waals surface area contributed by atoms with Crippen LogP contribution < -0.4 is 20.7 Å². The van der Waals surface area contributed by atoms with E-state index in [4.69, 9.17) is 11.2 Å². The maximum absolute atomic E-state index is 12.1. The number of amides is 1. The van der Waals surface area contributed by atoms with Gasteiger partial charge in [-0.2, -0.15) is 4.98 Å². The normalized spacial score (nSPS) is 10.7. The molecular weight excluding hydrogens is 428 g/mol. The summed E-state index contributed by atoms with van der Waals surface area (Å²) in [5.74, 6) is 3.99. The minimum atomic E-state index is -0.183. The second-order valence-electron chi connectivity index (χ2n) is 7.73. The number of nitrogens with one attached hydrogen (secondary N) is 3. The van der Waals surface area contributed by atoms with Gasteiger partial charge in [0, 0.05) is 47.5 Å². The van der Waals surface area contributed by atoms with Crippen LogP contribution in [0, 0.1) is 19.3 Å². The number of rotatable bonds is 10. The summed E-state index contributed by atoms with van der Waals surface area (Å²) < 4.78 is 5.46. The third kappa shape index (κ3) is 7.65. The molecule has 0 unspecified atom stereocenters. The van der Waals surface area contributed by atoms with Gasteiger partial charge in [-0.1, -0.05) is 24.1 Å². The summed E-state index contributed by atoms with van der Waals surface area (Å²) in [6.07, 6.45) is 10.3. The van der Waals surface area contributed by atoms with Gasteiger partial charge in [0.25, 0.3) is 0 Å². The highest BCUT2D eigenvalue weighted by molar-refractivity contribution is 5.99.